The van der Waals surface area contributed by atoms with Gasteiger partial charge in [-0.15, -0.1) is 0 Å². The highest BCUT2D eigenvalue weighted by Gasteiger charge is 2.26. The minimum absolute atomic E-state index is 0.174. The fraction of sp³-hybridized carbons (Fsp3) is 0.786. The minimum atomic E-state index is 0.174. The number of nitrogens with one attached hydrogen (secondary N) is 1. The molecule has 1 unspecified atom stereocenters. The van der Waals surface area contributed by atoms with Crippen molar-refractivity contribution in [1.29, 1.82) is 0 Å². The number of aryl methyl sites for hydroxylation is 1. The summed E-state index contributed by atoms with van der Waals surface area (Å²) in [6, 6.07) is 2.70. The summed E-state index contributed by atoms with van der Waals surface area (Å²) in [5, 5.41) is 7.91. The fourth-order valence-corrected chi connectivity index (χ4v) is 2.59. The average Bonchev–Trinajstić information content (AvgIpc) is 2.66. The van der Waals surface area contributed by atoms with E-state index in [0.717, 1.165) is 25.9 Å². The van der Waals surface area contributed by atoms with Gasteiger partial charge in [0.2, 0.25) is 0 Å². The zero-order chi connectivity index (χ0) is 12.9. The van der Waals surface area contributed by atoms with E-state index in [1.165, 1.54) is 5.69 Å². The number of hydrogen-bond donors (Lipinski definition) is 1. The molecule has 0 fully saturated rings. The first-order valence-electron chi connectivity index (χ1n) is 6.77. The SMILES string of the molecule is CCCn1nccc1C(C)(C)CC(C)NCC. The summed E-state index contributed by atoms with van der Waals surface area (Å²) in [7, 11) is 0. The first-order chi connectivity index (χ1) is 8.01. The molecule has 98 valence electrons. The van der Waals surface area contributed by atoms with E-state index in [1.807, 2.05) is 6.20 Å². The highest BCUT2D eigenvalue weighted by atomic mass is 15.3. The summed E-state index contributed by atoms with van der Waals surface area (Å²) >= 11 is 0. The van der Waals surface area contributed by atoms with Gasteiger partial charge in [-0.2, -0.15) is 5.10 Å². The largest absolute Gasteiger partial charge is 0.314 e. The van der Waals surface area contributed by atoms with Crippen molar-refractivity contribution in [2.75, 3.05) is 6.54 Å². The Balaban J connectivity index is 2.77. The lowest BCUT2D eigenvalue weighted by Crippen LogP contribution is -2.34. The molecule has 1 atom stereocenters. The zero-order valence-electron chi connectivity index (χ0n) is 12.0. The van der Waals surface area contributed by atoms with E-state index in [1.54, 1.807) is 0 Å². The van der Waals surface area contributed by atoms with Gasteiger partial charge < -0.3 is 5.32 Å². The zero-order valence-corrected chi connectivity index (χ0v) is 12.0. The monoisotopic (exact) mass is 237 g/mol. The lowest BCUT2D eigenvalue weighted by atomic mass is 9.82. The lowest BCUT2D eigenvalue weighted by molar-refractivity contribution is 0.366. The Morgan fingerprint density at radius 1 is 1.41 bits per heavy atom. The average molecular weight is 237 g/mol. The van der Waals surface area contributed by atoms with E-state index in [-0.39, 0.29) is 5.41 Å². The Morgan fingerprint density at radius 2 is 2.12 bits per heavy atom. The van der Waals surface area contributed by atoms with Crippen LogP contribution < -0.4 is 5.32 Å². The van der Waals surface area contributed by atoms with Crippen LogP contribution in [0.3, 0.4) is 0 Å². The molecule has 0 aromatic carbocycles. The number of nitrogens with zero attached hydrogens (tertiary/aromatic N) is 2. The van der Waals surface area contributed by atoms with Gasteiger partial charge in [-0.25, -0.2) is 0 Å². The van der Waals surface area contributed by atoms with Gasteiger partial charge in [0.1, 0.15) is 0 Å². The first-order valence-corrected chi connectivity index (χ1v) is 6.77. The van der Waals surface area contributed by atoms with Crippen molar-refractivity contribution in [3.8, 4) is 0 Å². The van der Waals surface area contributed by atoms with Crippen molar-refractivity contribution >= 4 is 0 Å². The molecule has 0 aliphatic rings. The van der Waals surface area contributed by atoms with Crippen molar-refractivity contribution in [3.05, 3.63) is 18.0 Å². The van der Waals surface area contributed by atoms with Gasteiger partial charge >= 0.3 is 0 Å². The van der Waals surface area contributed by atoms with Crippen LogP contribution in [0.25, 0.3) is 0 Å². The molecule has 3 heteroatoms. The van der Waals surface area contributed by atoms with Gasteiger partial charge in [0, 0.05) is 29.9 Å². The maximum atomic E-state index is 4.42. The normalized spacial score (nSPS) is 13.9. The maximum absolute atomic E-state index is 4.42. The van der Waals surface area contributed by atoms with Crippen molar-refractivity contribution in [1.82, 2.24) is 15.1 Å². The molecule has 0 aliphatic heterocycles. The molecule has 0 saturated carbocycles. The Morgan fingerprint density at radius 3 is 2.71 bits per heavy atom. The Hall–Kier alpha value is -0.830. The van der Waals surface area contributed by atoms with E-state index < -0.39 is 0 Å². The smallest absolute Gasteiger partial charge is 0.0492 e. The molecular weight excluding hydrogens is 210 g/mol. The summed E-state index contributed by atoms with van der Waals surface area (Å²) < 4.78 is 2.15. The number of hydrogen-bond acceptors (Lipinski definition) is 2. The second kappa shape index (κ2) is 6.20. The van der Waals surface area contributed by atoms with Gasteiger partial charge in [-0.05, 0) is 32.4 Å². The van der Waals surface area contributed by atoms with Gasteiger partial charge in [0.25, 0.3) is 0 Å². The number of aromatic nitrogens is 2. The first kappa shape index (κ1) is 14.2. The molecule has 0 amide bonds. The Bertz CT molecular complexity index is 328. The van der Waals surface area contributed by atoms with E-state index in [2.05, 4.69) is 55.8 Å². The van der Waals surface area contributed by atoms with Crippen molar-refractivity contribution in [2.24, 2.45) is 0 Å². The molecule has 1 N–H and O–H groups in total. The molecule has 17 heavy (non-hydrogen) atoms. The molecule has 0 spiro atoms. The topological polar surface area (TPSA) is 29.9 Å². The van der Waals surface area contributed by atoms with Gasteiger partial charge in [-0.1, -0.05) is 27.7 Å². The van der Waals surface area contributed by atoms with Gasteiger partial charge in [0.15, 0.2) is 0 Å². The van der Waals surface area contributed by atoms with Crippen LogP contribution in [0.15, 0.2) is 12.3 Å². The Kier molecular flexibility index (Phi) is 5.19. The molecule has 1 rings (SSSR count). The third-order valence-corrected chi connectivity index (χ3v) is 3.21. The predicted octanol–water partition coefficient (Wildman–Crippen LogP) is 2.96. The molecule has 3 nitrogen and oxygen atoms in total. The van der Waals surface area contributed by atoms with E-state index >= 15 is 0 Å². The van der Waals surface area contributed by atoms with Gasteiger partial charge in [-0.3, -0.25) is 4.68 Å². The number of rotatable bonds is 7. The van der Waals surface area contributed by atoms with Crippen LogP contribution in [0.2, 0.25) is 0 Å². The summed E-state index contributed by atoms with van der Waals surface area (Å²) in [6.07, 6.45) is 4.19. The van der Waals surface area contributed by atoms with Crippen molar-refractivity contribution < 1.29 is 0 Å². The second-order valence-corrected chi connectivity index (χ2v) is 5.49. The van der Waals surface area contributed by atoms with Crippen LogP contribution >= 0.6 is 0 Å². The fourth-order valence-electron chi connectivity index (χ4n) is 2.59. The summed E-state index contributed by atoms with van der Waals surface area (Å²) in [6.45, 7) is 13.3. The summed E-state index contributed by atoms with van der Waals surface area (Å²) in [4.78, 5) is 0. The third-order valence-electron chi connectivity index (χ3n) is 3.21. The van der Waals surface area contributed by atoms with E-state index in [9.17, 15) is 0 Å². The Labute approximate surface area is 106 Å². The van der Waals surface area contributed by atoms with Gasteiger partial charge in [0.05, 0.1) is 0 Å². The van der Waals surface area contributed by atoms with Crippen LogP contribution in [-0.2, 0) is 12.0 Å². The molecule has 1 aromatic rings. The van der Waals surface area contributed by atoms with Crippen molar-refractivity contribution in [3.63, 3.8) is 0 Å². The molecule has 1 heterocycles. The van der Waals surface area contributed by atoms with Crippen LogP contribution in [-0.4, -0.2) is 22.4 Å². The van der Waals surface area contributed by atoms with E-state index in [4.69, 9.17) is 0 Å². The highest BCUT2D eigenvalue weighted by molar-refractivity contribution is 5.14. The molecule has 0 bridgehead atoms. The standard InChI is InChI=1S/C14H27N3/c1-6-10-17-13(8-9-16-17)14(4,5)11-12(3)15-7-2/h8-9,12,15H,6-7,10-11H2,1-5H3. The van der Waals surface area contributed by atoms with Crippen molar-refractivity contribution in [2.45, 2.75) is 65.5 Å². The molecule has 0 aliphatic carbocycles. The second-order valence-electron chi connectivity index (χ2n) is 5.49. The summed E-state index contributed by atoms with van der Waals surface area (Å²) in [5.74, 6) is 0. The third kappa shape index (κ3) is 3.84. The highest BCUT2D eigenvalue weighted by Crippen LogP contribution is 2.28. The van der Waals surface area contributed by atoms with E-state index in [0.29, 0.717) is 6.04 Å². The molecule has 1 aromatic heterocycles. The van der Waals surface area contributed by atoms with Crippen LogP contribution in [0.4, 0.5) is 0 Å². The van der Waals surface area contributed by atoms with Crippen LogP contribution in [0.1, 0.15) is 53.2 Å². The lowest BCUT2D eigenvalue weighted by Gasteiger charge is -2.29. The minimum Gasteiger partial charge on any atom is -0.314 e. The molecule has 0 radical (unpaired) electrons. The predicted molar refractivity (Wildman–Crippen MR) is 73.3 cm³/mol. The summed E-state index contributed by atoms with van der Waals surface area (Å²) in [5.41, 5.74) is 1.52. The molecule has 0 saturated heterocycles. The van der Waals surface area contributed by atoms with Crippen LogP contribution in [0.5, 0.6) is 0 Å². The van der Waals surface area contributed by atoms with Crippen LogP contribution in [0, 0.1) is 0 Å². The molecular formula is C14H27N3. The maximum Gasteiger partial charge on any atom is 0.0492 e. The quantitative estimate of drug-likeness (QED) is 0.790.